The van der Waals surface area contributed by atoms with Gasteiger partial charge in [0, 0.05) is 35.9 Å². The second-order valence-electron chi connectivity index (χ2n) is 3.63. The number of hydrogen-bond acceptors (Lipinski definition) is 2. The molecule has 0 saturated heterocycles. The quantitative estimate of drug-likeness (QED) is 0.826. The van der Waals surface area contributed by atoms with Gasteiger partial charge in [-0.3, -0.25) is 0 Å². The highest BCUT2D eigenvalue weighted by Gasteiger charge is 1.95. The van der Waals surface area contributed by atoms with E-state index in [0.29, 0.717) is 0 Å². The minimum Gasteiger partial charge on any atom is -0.348 e. The first-order chi connectivity index (χ1) is 7.84. The highest BCUT2D eigenvalue weighted by atomic mass is 79.9. The van der Waals surface area contributed by atoms with Crippen molar-refractivity contribution in [3.8, 4) is 0 Å². The molecule has 0 aliphatic carbocycles. The smallest absolute Gasteiger partial charge is 0.0921 e. The Bertz CT molecular complexity index is 408. The van der Waals surface area contributed by atoms with Crippen LogP contribution < -0.4 is 5.32 Å². The van der Waals surface area contributed by atoms with Gasteiger partial charge in [0.25, 0.3) is 0 Å². The molecule has 0 spiro atoms. The van der Waals surface area contributed by atoms with Crippen molar-refractivity contribution in [1.29, 1.82) is 0 Å². The molecule has 84 valence electrons. The number of halogens is 1. The van der Waals surface area contributed by atoms with Gasteiger partial charge in [-0.25, -0.2) is 4.98 Å². The molecule has 0 radical (unpaired) electrons. The number of aromatic amines is 1. The van der Waals surface area contributed by atoms with Crippen LogP contribution in [0.4, 0.5) is 0 Å². The van der Waals surface area contributed by atoms with E-state index in [9.17, 15) is 0 Å². The molecule has 2 rings (SSSR count). The van der Waals surface area contributed by atoms with Gasteiger partial charge in [0.1, 0.15) is 0 Å². The van der Waals surface area contributed by atoms with Crippen molar-refractivity contribution in [3.05, 3.63) is 52.5 Å². The van der Waals surface area contributed by atoms with Crippen LogP contribution in [0, 0.1) is 0 Å². The molecular weight excluding hydrogens is 266 g/mol. The van der Waals surface area contributed by atoms with Crippen LogP contribution in [0.3, 0.4) is 0 Å². The molecule has 0 amide bonds. The predicted molar refractivity (Wildman–Crippen MR) is 68.1 cm³/mol. The molecule has 0 fully saturated rings. The summed E-state index contributed by atoms with van der Waals surface area (Å²) in [7, 11) is 0. The van der Waals surface area contributed by atoms with Gasteiger partial charge < -0.3 is 10.3 Å². The van der Waals surface area contributed by atoms with E-state index < -0.39 is 0 Å². The third-order valence-corrected chi connectivity index (χ3v) is 2.90. The number of imidazole rings is 1. The Morgan fingerprint density at radius 2 is 2.06 bits per heavy atom. The summed E-state index contributed by atoms with van der Waals surface area (Å²) in [6.07, 6.45) is 4.56. The Labute approximate surface area is 103 Å². The van der Waals surface area contributed by atoms with E-state index in [-0.39, 0.29) is 0 Å². The Morgan fingerprint density at radius 3 is 2.75 bits per heavy atom. The highest BCUT2D eigenvalue weighted by molar-refractivity contribution is 9.10. The lowest BCUT2D eigenvalue weighted by Crippen LogP contribution is -2.16. The van der Waals surface area contributed by atoms with Crippen LogP contribution in [-0.4, -0.2) is 16.5 Å². The molecule has 1 heterocycles. The van der Waals surface area contributed by atoms with Crippen molar-refractivity contribution in [3.63, 3.8) is 0 Å². The number of nitrogens with one attached hydrogen (secondary N) is 2. The molecular formula is C12H14BrN3. The summed E-state index contributed by atoms with van der Waals surface area (Å²) in [5.74, 6) is 0. The van der Waals surface area contributed by atoms with E-state index in [1.165, 1.54) is 11.3 Å². The van der Waals surface area contributed by atoms with Gasteiger partial charge in [-0.2, -0.15) is 0 Å². The maximum Gasteiger partial charge on any atom is 0.0921 e. The highest BCUT2D eigenvalue weighted by Crippen LogP contribution is 2.10. The van der Waals surface area contributed by atoms with Gasteiger partial charge in [0.05, 0.1) is 6.33 Å². The van der Waals surface area contributed by atoms with Gasteiger partial charge in [-0.05, 0) is 17.7 Å². The molecule has 0 bridgehead atoms. The maximum absolute atomic E-state index is 3.98. The van der Waals surface area contributed by atoms with Crippen LogP contribution in [0.5, 0.6) is 0 Å². The maximum atomic E-state index is 3.98. The number of aromatic nitrogens is 2. The van der Waals surface area contributed by atoms with Gasteiger partial charge in [-0.1, -0.05) is 28.1 Å². The molecule has 3 nitrogen and oxygen atoms in total. The van der Waals surface area contributed by atoms with Gasteiger partial charge in [0.2, 0.25) is 0 Å². The summed E-state index contributed by atoms with van der Waals surface area (Å²) in [4.78, 5) is 7.07. The van der Waals surface area contributed by atoms with Gasteiger partial charge in [-0.15, -0.1) is 0 Å². The lowest BCUT2D eigenvalue weighted by molar-refractivity contribution is 0.681. The van der Waals surface area contributed by atoms with E-state index in [1.54, 1.807) is 6.33 Å². The Hall–Kier alpha value is -1.13. The Kier molecular flexibility index (Phi) is 4.13. The fraction of sp³-hybridized carbons (Fsp3) is 0.250. The lowest BCUT2D eigenvalue weighted by Gasteiger charge is -2.04. The molecule has 1 aromatic heterocycles. The minimum atomic E-state index is 0.904. The second kappa shape index (κ2) is 5.82. The van der Waals surface area contributed by atoms with Crippen LogP contribution in [-0.2, 0) is 13.0 Å². The van der Waals surface area contributed by atoms with E-state index in [1.807, 2.05) is 6.20 Å². The molecule has 2 N–H and O–H groups in total. The molecule has 0 unspecified atom stereocenters. The number of H-pyrrole nitrogens is 1. The van der Waals surface area contributed by atoms with Crippen LogP contribution in [0.25, 0.3) is 0 Å². The number of rotatable bonds is 5. The normalized spacial score (nSPS) is 10.6. The first kappa shape index (κ1) is 11.4. The summed E-state index contributed by atoms with van der Waals surface area (Å²) >= 11 is 3.42. The first-order valence-electron chi connectivity index (χ1n) is 5.27. The minimum absolute atomic E-state index is 0.904. The van der Waals surface area contributed by atoms with E-state index >= 15 is 0 Å². The molecule has 0 aliphatic heterocycles. The Balaban J connectivity index is 1.70. The van der Waals surface area contributed by atoms with Crippen LogP contribution in [0.2, 0.25) is 0 Å². The second-order valence-corrected chi connectivity index (χ2v) is 4.55. The monoisotopic (exact) mass is 279 g/mol. The third-order valence-electron chi connectivity index (χ3n) is 2.37. The predicted octanol–water partition coefficient (Wildman–Crippen LogP) is 2.50. The van der Waals surface area contributed by atoms with E-state index in [2.05, 4.69) is 55.5 Å². The molecule has 4 heteroatoms. The van der Waals surface area contributed by atoms with Crippen molar-refractivity contribution < 1.29 is 0 Å². The van der Waals surface area contributed by atoms with Crippen LogP contribution in [0.15, 0.2) is 41.3 Å². The third kappa shape index (κ3) is 3.47. The summed E-state index contributed by atoms with van der Waals surface area (Å²) in [6, 6.07) is 8.36. The summed E-state index contributed by atoms with van der Waals surface area (Å²) in [5.41, 5.74) is 2.47. The number of benzene rings is 1. The zero-order valence-electron chi connectivity index (χ0n) is 8.91. The average molecular weight is 280 g/mol. The lowest BCUT2D eigenvalue weighted by atomic mass is 10.2. The topological polar surface area (TPSA) is 40.7 Å². The van der Waals surface area contributed by atoms with Crippen molar-refractivity contribution in [2.24, 2.45) is 0 Å². The standard InChI is InChI=1S/C12H14BrN3/c13-11-3-1-10(2-4-11)7-14-6-5-12-8-15-9-16-12/h1-4,8-9,14H,5-7H2,(H,15,16). The molecule has 0 atom stereocenters. The zero-order chi connectivity index (χ0) is 11.2. The summed E-state index contributed by atoms with van der Waals surface area (Å²) in [5, 5.41) is 3.40. The van der Waals surface area contributed by atoms with Crippen molar-refractivity contribution in [1.82, 2.24) is 15.3 Å². The van der Waals surface area contributed by atoms with E-state index in [0.717, 1.165) is 24.0 Å². The van der Waals surface area contributed by atoms with Crippen molar-refractivity contribution in [2.75, 3.05) is 6.54 Å². The molecule has 1 aromatic carbocycles. The number of nitrogens with zero attached hydrogens (tertiary/aromatic N) is 1. The SMILES string of the molecule is Brc1ccc(CNCCc2cnc[nH]2)cc1. The average Bonchev–Trinajstić information content (AvgIpc) is 2.80. The van der Waals surface area contributed by atoms with Crippen LogP contribution >= 0.6 is 15.9 Å². The molecule has 16 heavy (non-hydrogen) atoms. The zero-order valence-corrected chi connectivity index (χ0v) is 10.5. The largest absolute Gasteiger partial charge is 0.348 e. The van der Waals surface area contributed by atoms with Gasteiger partial charge in [0.15, 0.2) is 0 Å². The molecule has 0 aliphatic rings. The molecule has 0 saturated carbocycles. The number of hydrogen-bond donors (Lipinski definition) is 2. The molecule has 2 aromatic rings. The summed E-state index contributed by atoms with van der Waals surface area (Å²) < 4.78 is 1.12. The van der Waals surface area contributed by atoms with Gasteiger partial charge >= 0.3 is 0 Å². The van der Waals surface area contributed by atoms with E-state index in [4.69, 9.17) is 0 Å². The summed E-state index contributed by atoms with van der Waals surface area (Å²) in [6.45, 7) is 1.86. The fourth-order valence-electron chi connectivity index (χ4n) is 1.48. The first-order valence-corrected chi connectivity index (χ1v) is 6.06. The Morgan fingerprint density at radius 1 is 1.25 bits per heavy atom. The van der Waals surface area contributed by atoms with Crippen molar-refractivity contribution >= 4 is 15.9 Å². The fourth-order valence-corrected chi connectivity index (χ4v) is 1.74. The van der Waals surface area contributed by atoms with Crippen LogP contribution in [0.1, 0.15) is 11.3 Å². The van der Waals surface area contributed by atoms with Crippen molar-refractivity contribution in [2.45, 2.75) is 13.0 Å².